The summed E-state index contributed by atoms with van der Waals surface area (Å²) in [6.45, 7) is 2.24. The Bertz CT molecular complexity index is 455. The maximum absolute atomic E-state index is 11.5. The van der Waals surface area contributed by atoms with Crippen molar-refractivity contribution in [2.24, 2.45) is 0 Å². The van der Waals surface area contributed by atoms with E-state index in [1.807, 2.05) is 24.3 Å². The fourth-order valence-corrected chi connectivity index (χ4v) is 1.91. The van der Waals surface area contributed by atoms with Gasteiger partial charge >= 0.3 is 12.1 Å². The molecule has 0 radical (unpaired) electrons. The molecular formula is C13H15NO4. The van der Waals surface area contributed by atoms with E-state index in [2.05, 4.69) is 6.92 Å². The van der Waals surface area contributed by atoms with Crippen LogP contribution in [0.25, 0.3) is 0 Å². The molecule has 0 spiro atoms. The molecule has 18 heavy (non-hydrogen) atoms. The van der Waals surface area contributed by atoms with Crippen LogP contribution in [0.4, 0.5) is 4.79 Å². The first-order chi connectivity index (χ1) is 8.61. The maximum atomic E-state index is 11.5. The molecule has 5 nitrogen and oxygen atoms in total. The van der Waals surface area contributed by atoms with Gasteiger partial charge in [-0.15, -0.1) is 0 Å². The number of benzene rings is 1. The minimum absolute atomic E-state index is 0.0821. The van der Waals surface area contributed by atoms with Crippen LogP contribution < -0.4 is 0 Å². The van der Waals surface area contributed by atoms with Crippen molar-refractivity contribution in [3.05, 3.63) is 35.4 Å². The van der Waals surface area contributed by atoms with Crippen LogP contribution in [0.2, 0.25) is 0 Å². The highest BCUT2D eigenvalue weighted by molar-refractivity contribution is 5.82. The Morgan fingerprint density at radius 3 is 2.56 bits per heavy atom. The molecule has 1 atom stereocenters. The van der Waals surface area contributed by atoms with E-state index >= 15 is 0 Å². The van der Waals surface area contributed by atoms with Crippen LogP contribution in [-0.4, -0.2) is 34.7 Å². The third-order valence-corrected chi connectivity index (χ3v) is 3.04. The number of hydrogen-bond acceptors (Lipinski definition) is 3. The normalized spacial score (nSPS) is 18.8. The van der Waals surface area contributed by atoms with E-state index in [4.69, 9.17) is 9.84 Å². The summed E-state index contributed by atoms with van der Waals surface area (Å²) in [7, 11) is 0. The zero-order valence-electron chi connectivity index (χ0n) is 10.1. The number of amides is 1. The number of aliphatic carboxylic acids is 1. The van der Waals surface area contributed by atoms with Gasteiger partial charge in [-0.05, 0) is 17.5 Å². The van der Waals surface area contributed by atoms with E-state index in [0.717, 1.165) is 12.0 Å². The Kier molecular flexibility index (Phi) is 3.50. The second kappa shape index (κ2) is 5.08. The van der Waals surface area contributed by atoms with Gasteiger partial charge in [0.15, 0.2) is 6.04 Å². The number of hydrogen-bond donors (Lipinski definition) is 1. The van der Waals surface area contributed by atoms with Crippen LogP contribution >= 0.6 is 0 Å². The van der Waals surface area contributed by atoms with Gasteiger partial charge in [-0.2, -0.15) is 0 Å². The van der Waals surface area contributed by atoms with Crippen molar-refractivity contribution in [3.8, 4) is 0 Å². The quantitative estimate of drug-likeness (QED) is 0.881. The van der Waals surface area contributed by atoms with Crippen LogP contribution in [0.15, 0.2) is 24.3 Å². The summed E-state index contributed by atoms with van der Waals surface area (Å²) in [5.74, 6) is -1.04. The summed E-state index contributed by atoms with van der Waals surface area (Å²) < 4.78 is 4.76. The number of cyclic esters (lactones) is 1. The molecule has 1 aromatic rings. The largest absolute Gasteiger partial charge is 0.480 e. The van der Waals surface area contributed by atoms with Crippen molar-refractivity contribution in [1.29, 1.82) is 0 Å². The van der Waals surface area contributed by atoms with E-state index in [1.54, 1.807) is 0 Å². The molecule has 0 bridgehead atoms. The molecule has 0 aliphatic carbocycles. The number of carbonyl (C=O) groups is 2. The average molecular weight is 249 g/mol. The molecule has 1 N–H and O–H groups in total. The Morgan fingerprint density at radius 2 is 2.00 bits per heavy atom. The van der Waals surface area contributed by atoms with Crippen molar-refractivity contribution in [2.45, 2.75) is 25.9 Å². The highest BCUT2D eigenvalue weighted by atomic mass is 16.6. The van der Waals surface area contributed by atoms with E-state index < -0.39 is 18.1 Å². The summed E-state index contributed by atoms with van der Waals surface area (Å²) >= 11 is 0. The van der Waals surface area contributed by atoms with Gasteiger partial charge in [0.1, 0.15) is 6.61 Å². The minimum Gasteiger partial charge on any atom is -0.480 e. The van der Waals surface area contributed by atoms with Crippen LogP contribution in [-0.2, 0) is 22.5 Å². The monoisotopic (exact) mass is 249 g/mol. The number of rotatable bonds is 4. The van der Waals surface area contributed by atoms with E-state index in [0.29, 0.717) is 0 Å². The highest BCUT2D eigenvalue weighted by Crippen LogP contribution is 2.17. The molecule has 1 unspecified atom stereocenters. The summed E-state index contributed by atoms with van der Waals surface area (Å²) in [4.78, 5) is 23.7. The van der Waals surface area contributed by atoms with Gasteiger partial charge < -0.3 is 9.84 Å². The van der Waals surface area contributed by atoms with Gasteiger partial charge in [-0.1, -0.05) is 31.2 Å². The molecular weight excluding hydrogens is 234 g/mol. The zero-order valence-corrected chi connectivity index (χ0v) is 10.1. The molecule has 2 rings (SSSR count). The Labute approximate surface area is 105 Å². The molecule has 1 aromatic carbocycles. The van der Waals surface area contributed by atoms with Crippen molar-refractivity contribution in [2.75, 3.05) is 6.61 Å². The summed E-state index contributed by atoms with van der Waals surface area (Å²) in [6, 6.07) is 6.88. The SMILES string of the molecule is CCc1ccc(CN2C(=O)OCC2C(=O)O)cc1. The first-order valence-corrected chi connectivity index (χ1v) is 5.86. The molecule has 0 aromatic heterocycles. The third kappa shape index (κ3) is 2.45. The summed E-state index contributed by atoms with van der Waals surface area (Å²) in [5, 5.41) is 8.99. The third-order valence-electron chi connectivity index (χ3n) is 3.04. The van der Waals surface area contributed by atoms with Crippen molar-refractivity contribution < 1.29 is 19.4 Å². The van der Waals surface area contributed by atoms with Gasteiger partial charge in [-0.25, -0.2) is 9.59 Å². The lowest BCUT2D eigenvalue weighted by molar-refractivity contribution is -0.141. The number of carboxylic acids is 1. The lowest BCUT2D eigenvalue weighted by atomic mass is 10.1. The second-order valence-corrected chi connectivity index (χ2v) is 4.23. The lowest BCUT2D eigenvalue weighted by Gasteiger charge is -2.18. The van der Waals surface area contributed by atoms with Crippen LogP contribution in [0.3, 0.4) is 0 Å². The number of carboxylic acid groups (broad SMARTS) is 1. The minimum atomic E-state index is -1.04. The molecule has 1 saturated heterocycles. The smallest absolute Gasteiger partial charge is 0.411 e. The highest BCUT2D eigenvalue weighted by Gasteiger charge is 2.37. The standard InChI is InChI=1S/C13H15NO4/c1-2-9-3-5-10(6-4-9)7-14-11(12(15)16)8-18-13(14)17/h3-6,11H,2,7-8H2,1H3,(H,15,16). The predicted molar refractivity (Wildman–Crippen MR) is 64.1 cm³/mol. The van der Waals surface area contributed by atoms with Gasteiger partial charge in [0, 0.05) is 0 Å². The molecule has 1 aliphatic heterocycles. The van der Waals surface area contributed by atoms with Crippen LogP contribution in [0.1, 0.15) is 18.1 Å². The number of carbonyl (C=O) groups excluding carboxylic acids is 1. The van der Waals surface area contributed by atoms with E-state index in [-0.39, 0.29) is 13.2 Å². The van der Waals surface area contributed by atoms with Gasteiger partial charge in [0.2, 0.25) is 0 Å². The first kappa shape index (κ1) is 12.4. The molecule has 96 valence electrons. The number of ether oxygens (including phenoxy) is 1. The average Bonchev–Trinajstić information content (AvgIpc) is 2.72. The number of nitrogens with zero attached hydrogens (tertiary/aromatic N) is 1. The van der Waals surface area contributed by atoms with Crippen molar-refractivity contribution >= 4 is 12.1 Å². The molecule has 0 saturated carbocycles. The van der Waals surface area contributed by atoms with Crippen LogP contribution in [0.5, 0.6) is 0 Å². The van der Waals surface area contributed by atoms with E-state index in [1.165, 1.54) is 10.5 Å². The number of aryl methyl sites for hydroxylation is 1. The predicted octanol–water partition coefficient (Wildman–Crippen LogP) is 1.65. The van der Waals surface area contributed by atoms with Gasteiger partial charge in [-0.3, -0.25) is 4.90 Å². The lowest BCUT2D eigenvalue weighted by Crippen LogP contribution is -2.38. The summed E-state index contributed by atoms with van der Waals surface area (Å²) in [6.07, 6.45) is 0.381. The zero-order chi connectivity index (χ0) is 13.1. The molecule has 1 fully saturated rings. The van der Waals surface area contributed by atoms with Crippen molar-refractivity contribution in [1.82, 2.24) is 4.90 Å². The van der Waals surface area contributed by atoms with Gasteiger partial charge in [0.05, 0.1) is 6.54 Å². The van der Waals surface area contributed by atoms with Crippen LogP contribution in [0, 0.1) is 0 Å². The Morgan fingerprint density at radius 1 is 1.39 bits per heavy atom. The second-order valence-electron chi connectivity index (χ2n) is 4.23. The Balaban J connectivity index is 2.11. The van der Waals surface area contributed by atoms with E-state index in [9.17, 15) is 9.59 Å². The molecule has 1 heterocycles. The topological polar surface area (TPSA) is 66.8 Å². The maximum Gasteiger partial charge on any atom is 0.411 e. The Hall–Kier alpha value is -2.04. The summed E-state index contributed by atoms with van der Waals surface area (Å²) in [5.41, 5.74) is 2.11. The van der Waals surface area contributed by atoms with Crippen molar-refractivity contribution in [3.63, 3.8) is 0 Å². The molecule has 5 heteroatoms. The first-order valence-electron chi connectivity index (χ1n) is 5.86. The fraction of sp³-hybridized carbons (Fsp3) is 0.385. The molecule has 1 amide bonds. The fourth-order valence-electron chi connectivity index (χ4n) is 1.91. The van der Waals surface area contributed by atoms with Gasteiger partial charge in [0.25, 0.3) is 0 Å². The molecule has 1 aliphatic rings.